The lowest BCUT2D eigenvalue weighted by molar-refractivity contribution is -0.151. The van der Waals surface area contributed by atoms with Crippen LogP contribution < -0.4 is 5.73 Å². The summed E-state index contributed by atoms with van der Waals surface area (Å²) in [5.41, 5.74) is 6.53. The second-order valence-electron chi connectivity index (χ2n) is 4.96. The van der Waals surface area contributed by atoms with E-state index in [-0.39, 0.29) is 5.69 Å². The lowest BCUT2D eigenvalue weighted by atomic mass is 10.1. The number of carboxylic acid groups (broad SMARTS) is 1. The normalized spacial score (nSPS) is 20.9. The van der Waals surface area contributed by atoms with Gasteiger partial charge in [0.25, 0.3) is 5.91 Å². The fourth-order valence-electron chi connectivity index (χ4n) is 2.51. The van der Waals surface area contributed by atoms with Gasteiger partial charge in [0, 0.05) is 5.56 Å². The number of aliphatic carboxylic acids is 1. The van der Waals surface area contributed by atoms with Crippen molar-refractivity contribution in [3.05, 3.63) is 36.0 Å². The van der Waals surface area contributed by atoms with Gasteiger partial charge in [0.2, 0.25) is 0 Å². The zero-order valence-electron chi connectivity index (χ0n) is 11.5. The van der Waals surface area contributed by atoms with E-state index in [1.165, 1.54) is 4.68 Å². The van der Waals surface area contributed by atoms with Crippen LogP contribution in [0.3, 0.4) is 0 Å². The van der Waals surface area contributed by atoms with Gasteiger partial charge in [0.15, 0.2) is 18.0 Å². The third kappa shape index (κ3) is 2.44. The molecule has 1 amide bonds. The van der Waals surface area contributed by atoms with Crippen LogP contribution in [0, 0.1) is 0 Å². The number of benzene rings is 1. The molecule has 3 N–H and O–H groups in total. The van der Waals surface area contributed by atoms with Crippen LogP contribution in [0.4, 0.5) is 0 Å². The fourth-order valence-corrected chi connectivity index (χ4v) is 2.51. The summed E-state index contributed by atoms with van der Waals surface area (Å²) in [5, 5.41) is 16.8. The number of carbonyl (C=O) groups is 2. The highest BCUT2D eigenvalue weighted by molar-refractivity contribution is 5.96. The number of hydrogen-bond acceptors (Lipinski definition) is 5. The molecule has 2 aromatic rings. The molecule has 0 spiro atoms. The summed E-state index contributed by atoms with van der Waals surface area (Å²) in [6.45, 7) is 0. The molecule has 0 saturated carbocycles. The van der Waals surface area contributed by atoms with Gasteiger partial charge in [0.05, 0.1) is 0 Å². The van der Waals surface area contributed by atoms with E-state index in [9.17, 15) is 9.59 Å². The van der Waals surface area contributed by atoms with Crippen LogP contribution in [0.1, 0.15) is 29.6 Å². The average Bonchev–Trinajstić information content (AvgIpc) is 3.14. The molecular formula is C14H14N4O4. The molecule has 2 unspecified atom stereocenters. The number of hydrogen-bond donors (Lipinski definition) is 2. The van der Waals surface area contributed by atoms with Crippen LogP contribution in [0.2, 0.25) is 0 Å². The van der Waals surface area contributed by atoms with E-state index in [1.807, 2.05) is 18.2 Å². The van der Waals surface area contributed by atoms with Crippen LogP contribution in [-0.2, 0) is 9.53 Å². The number of primary amides is 1. The van der Waals surface area contributed by atoms with Crippen LogP contribution in [0.15, 0.2) is 30.3 Å². The number of nitrogens with two attached hydrogens (primary N) is 1. The van der Waals surface area contributed by atoms with Gasteiger partial charge in [-0.15, -0.1) is 5.10 Å². The summed E-state index contributed by atoms with van der Waals surface area (Å²) in [7, 11) is 0. The standard InChI is InChI=1S/C14H14N4O4/c15-13(19)11-12(8-4-2-1-3-5-8)18(17-16-11)10-7-6-9(22-10)14(20)21/h1-5,9-10H,6-7H2,(H2,15,19)(H,20,21). The summed E-state index contributed by atoms with van der Waals surface area (Å²) < 4.78 is 6.90. The summed E-state index contributed by atoms with van der Waals surface area (Å²) in [5.74, 6) is -1.71. The maximum atomic E-state index is 11.6. The van der Waals surface area contributed by atoms with Gasteiger partial charge in [-0.1, -0.05) is 35.5 Å². The fraction of sp³-hybridized carbons (Fsp3) is 0.286. The first kappa shape index (κ1) is 14.2. The zero-order chi connectivity index (χ0) is 15.7. The third-order valence-electron chi connectivity index (χ3n) is 3.52. The second kappa shape index (κ2) is 5.57. The molecule has 8 heteroatoms. The van der Waals surface area contributed by atoms with Crippen LogP contribution in [-0.4, -0.2) is 38.1 Å². The van der Waals surface area contributed by atoms with Gasteiger partial charge >= 0.3 is 5.97 Å². The van der Waals surface area contributed by atoms with Gasteiger partial charge in [-0.05, 0) is 12.8 Å². The monoisotopic (exact) mass is 302 g/mol. The molecule has 1 aromatic heterocycles. The van der Waals surface area contributed by atoms with Crippen LogP contribution in [0.25, 0.3) is 11.3 Å². The highest BCUT2D eigenvalue weighted by Gasteiger charge is 2.34. The maximum absolute atomic E-state index is 11.6. The molecular weight excluding hydrogens is 288 g/mol. The highest BCUT2D eigenvalue weighted by Crippen LogP contribution is 2.32. The Morgan fingerprint density at radius 2 is 2.00 bits per heavy atom. The third-order valence-corrected chi connectivity index (χ3v) is 3.52. The second-order valence-corrected chi connectivity index (χ2v) is 4.96. The molecule has 1 aliphatic heterocycles. The smallest absolute Gasteiger partial charge is 0.332 e. The van der Waals surface area contributed by atoms with Crippen molar-refractivity contribution < 1.29 is 19.4 Å². The SMILES string of the molecule is NC(=O)c1nnn(C2CCC(C(=O)O)O2)c1-c1ccccc1. The first-order valence-electron chi connectivity index (χ1n) is 6.76. The van der Waals surface area contributed by atoms with Crippen LogP contribution in [0.5, 0.6) is 0 Å². The first-order valence-corrected chi connectivity index (χ1v) is 6.76. The summed E-state index contributed by atoms with van der Waals surface area (Å²) in [4.78, 5) is 22.6. The summed E-state index contributed by atoms with van der Waals surface area (Å²) in [6.07, 6.45) is -0.620. The van der Waals surface area contributed by atoms with E-state index in [1.54, 1.807) is 12.1 Å². The number of carbonyl (C=O) groups excluding carboxylic acids is 1. The minimum absolute atomic E-state index is 0.0357. The predicted molar refractivity (Wildman–Crippen MR) is 74.8 cm³/mol. The molecule has 2 atom stereocenters. The quantitative estimate of drug-likeness (QED) is 0.862. The number of ether oxygens (including phenoxy) is 1. The number of carboxylic acids is 1. The molecule has 3 rings (SSSR count). The molecule has 8 nitrogen and oxygen atoms in total. The van der Waals surface area contributed by atoms with Gasteiger partial charge in [0.1, 0.15) is 5.69 Å². The molecule has 0 radical (unpaired) electrons. The molecule has 1 fully saturated rings. The van der Waals surface area contributed by atoms with Gasteiger partial charge in [-0.3, -0.25) is 4.79 Å². The predicted octanol–water partition coefficient (Wildman–Crippen LogP) is 0.806. The van der Waals surface area contributed by atoms with E-state index in [0.717, 1.165) is 0 Å². The maximum Gasteiger partial charge on any atom is 0.332 e. The zero-order valence-corrected chi connectivity index (χ0v) is 11.5. The lowest BCUT2D eigenvalue weighted by Gasteiger charge is -2.14. The summed E-state index contributed by atoms with van der Waals surface area (Å²) >= 11 is 0. The highest BCUT2D eigenvalue weighted by atomic mass is 16.5. The van der Waals surface area contributed by atoms with E-state index >= 15 is 0 Å². The van der Waals surface area contributed by atoms with Crippen molar-refractivity contribution in [2.24, 2.45) is 5.73 Å². The van der Waals surface area contributed by atoms with Crippen molar-refractivity contribution in [2.45, 2.75) is 25.2 Å². The molecule has 0 aliphatic carbocycles. The minimum atomic E-state index is -1.01. The Hall–Kier alpha value is -2.74. The Kier molecular flexibility index (Phi) is 3.60. The topological polar surface area (TPSA) is 120 Å². The van der Waals surface area contributed by atoms with Crippen molar-refractivity contribution >= 4 is 11.9 Å². The Balaban J connectivity index is 2.03. The van der Waals surface area contributed by atoms with Gasteiger partial charge < -0.3 is 15.6 Å². The van der Waals surface area contributed by atoms with E-state index in [4.69, 9.17) is 15.6 Å². The molecule has 2 heterocycles. The molecule has 1 saturated heterocycles. The molecule has 0 bridgehead atoms. The van der Waals surface area contributed by atoms with Crippen molar-refractivity contribution in [3.8, 4) is 11.3 Å². The first-order chi connectivity index (χ1) is 10.6. The van der Waals surface area contributed by atoms with Crippen molar-refractivity contribution in [1.82, 2.24) is 15.0 Å². The molecule has 114 valence electrons. The van der Waals surface area contributed by atoms with Crippen molar-refractivity contribution in [2.75, 3.05) is 0 Å². The van der Waals surface area contributed by atoms with E-state index in [2.05, 4.69) is 10.3 Å². The molecule has 1 aliphatic rings. The largest absolute Gasteiger partial charge is 0.479 e. The molecule has 1 aromatic carbocycles. The Labute approximate surface area is 125 Å². The van der Waals surface area contributed by atoms with E-state index < -0.39 is 24.2 Å². The Bertz CT molecular complexity index is 713. The van der Waals surface area contributed by atoms with Crippen molar-refractivity contribution in [1.29, 1.82) is 0 Å². The number of nitrogens with zero attached hydrogens (tertiary/aromatic N) is 3. The number of amides is 1. The summed E-state index contributed by atoms with van der Waals surface area (Å²) in [6, 6.07) is 9.06. The van der Waals surface area contributed by atoms with Gasteiger partial charge in [-0.25, -0.2) is 9.48 Å². The Morgan fingerprint density at radius 3 is 2.59 bits per heavy atom. The minimum Gasteiger partial charge on any atom is -0.479 e. The number of rotatable bonds is 4. The van der Waals surface area contributed by atoms with Crippen LogP contribution >= 0.6 is 0 Å². The Morgan fingerprint density at radius 1 is 1.27 bits per heavy atom. The average molecular weight is 302 g/mol. The molecule has 22 heavy (non-hydrogen) atoms. The van der Waals surface area contributed by atoms with Gasteiger partial charge in [-0.2, -0.15) is 0 Å². The van der Waals surface area contributed by atoms with Crippen molar-refractivity contribution in [3.63, 3.8) is 0 Å². The lowest BCUT2D eigenvalue weighted by Crippen LogP contribution is -2.21. The number of aromatic nitrogens is 3. The van der Waals surface area contributed by atoms with E-state index in [0.29, 0.717) is 24.1 Å².